The average molecular weight is 234 g/mol. The quantitative estimate of drug-likeness (QED) is 0.678. The van der Waals surface area contributed by atoms with Crippen LogP contribution in [-0.4, -0.2) is 11.1 Å². The lowest BCUT2D eigenvalue weighted by atomic mass is 10.1. The summed E-state index contributed by atoms with van der Waals surface area (Å²) in [5, 5.41) is 3.63. The number of rotatable bonds is 8. The molecule has 1 fully saturated rings. The van der Waals surface area contributed by atoms with Crippen LogP contribution in [0.15, 0.2) is 18.5 Å². The van der Waals surface area contributed by atoms with Crippen LogP contribution in [0.25, 0.3) is 0 Å². The Labute approximate surface area is 105 Å². The van der Waals surface area contributed by atoms with E-state index in [1.807, 2.05) is 0 Å². The Balaban J connectivity index is 1.90. The molecule has 0 spiro atoms. The molecule has 1 aromatic heterocycles. The van der Waals surface area contributed by atoms with E-state index in [-0.39, 0.29) is 0 Å². The van der Waals surface area contributed by atoms with E-state index in [1.165, 1.54) is 44.2 Å². The highest BCUT2D eigenvalue weighted by Crippen LogP contribution is 2.40. The molecule has 1 unspecified atom stereocenters. The first kappa shape index (κ1) is 12.7. The highest BCUT2D eigenvalue weighted by Gasteiger charge is 2.31. The Morgan fingerprint density at radius 2 is 2.18 bits per heavy atom. The van der Waals surface area contributed by atoms with Crippen LogP contribution in [0.3, 0.4) is 0 Å². The monoisotopic (exact) mass is 234 g/mol. The van der Waals surface area contributed by atoms with E-state index in [9.17, 15) is 0 Å². The number of hydrogen-bond donors (Lipinski definition) is 1. The molecule has 1 N–H and O–H groups in total. The number of aromatic nitrogens is 1. The maximum atomic E-state index is 3.63. The molecule has 0 aromatic carbocycles. The van der Waals surface area contributed by atoms with Gasteiger partial charge in [0.05, 0.1) is 0 Å². The predicted molar refractivity (Wildman–Crippen MR) is 73.1 cm³/mol. The lowest BCUT2D eigenvalue weighted by molar-refractivity contribution is 0.494. The predicted octanol–water partition coefficient (Wildman–Crippen LogP) is 3.74. The third kappa shape index (κ3) is 3.60. The Bertz CT molecular complexity index is 325. The van der Waals surface area contributed by atoms with Gasteiger partial charge < -0.3 is 9.88 Å². The Hall–Kier alpha value is -0.760. The minimum Gasteiger partial charge on any atom is -0.354 e. The van der Waals surface area contributed by atoms with Crippen molar-refractivity contribution in [2.24, 2.45) is 5.92 Å². The molecule has 17 heavy (non-hydrogen) atoms. The molecule has 2 nitrogen and oxygen atoms in total. The van der Waals surface area contributed by atoms with Crippen molar-refractivity contribution in [2.75, 3.05) is 6.54 Å². The molecule has 1 atom stereocenters. The van der Waals surface area contributed by atoms with Crippen LogP contribution in [0.4, 0.5) is 0 Å². The van der Waals surface area contributed by atoms with Crippen molar-refractivity contribution in [2.45, 2.75) is 58.5 Å². The van der Waals surface area contributed by atoms with Crippen LogP contribution in [0.1, 0.15) is 57.6 Å². The molecule has 96 valence electrons. The average Bonchev–Trinajstić information content (AvgIpc) is 3.06. The van der Waals surface area contributed by atoms with Gasteiger partial charge in [-0.15, -0.1) is 0 Å². The second kappa shape index (κ2) is 6.25. The highest BCUT2D eigenvalue weighted by atomic mass is 15.0. The van der Waals surface area contributed by atoms with Gasteiger partial charge in [-0.3, -0.25) is 0 Å². The number of unbranched alkanes of at least 4 members (excludes halogenated alkanes) is 2. The van der Waals surface area contributed by atoms with E-state index in [0.29, 0.717) is 6.04 Å². The van der Waals surface area contributed by atoms with Crippen LogP contribution in [0.5, 0.6) is 0 Å². The Morgan fingerprint density at radius 1 is 1.35 bits per heavy atom. The molecular weight excluding hydrogens is 208 g/mol. The third-order valence-corrected chi connectivity index (χ3v) is 3.67. The smallest absolute Gasteiger partial charge is 0.0363 e. The van der Waals surface area contributed by atoms with Crippen LogP contribution >= 0.6 is 0 Å². The van der Waals surface area contributed by atoms with Crippen molar-refractivity contribution in [1.82, 2.24) is 9.88 Å². The second-order valence-electron chi connectivity index (χ2n) is 5.26. The summed E-state index contributed by atoms with van der Waals surface area (Å²) in [7, 11) is 0. The molecule has 1 saturated carbocycles. The molecule has 1 aromatic rings. The first-order valence-corrected chi connectivity index (χ1v) is 7.24. The first-order valence-electron chi connectivity index (χ1n) is 7.24. The van der Waals surface area contributed by atoms with E-state index >= 15 is 0 Å². The van der Waals surface area contributed by atoms with Crippen molar-refractivity contribution < 1.29 is 0 Å². The number of nitrogens with one attached hydrogen (secondary N) is 1. The fourth-order valence-electron chi connectivity index (χ4n) is 2.53. The molecule has 0 radical (unpaired) electrons. The molecule has 2 heteroatoms. The largest absolute Gasteiger partial charge is 0.354 e. The van der Waals surface area contributed by atoms with Gasteiger partial charge in [0, 0.05) is 25.0 Å². The van der Waals surface area contributed by atoms with E-state index in [0.717, 1.165) is 12.5 Å². The van der Waals surface area contributed by atoms with Gasteiger partial charge in [-0.2, -0.15) is 0 Å². The van der Waals surface area contributed by atoms with Gasteiger partial charge in [0.2, 0.25) is 0 Å². The number of aryl methyl sites for hydroxylation is 1. The van der Waals surface area contributed by atoms with Crippen molar-refractivity contribution >= 4 is 0 Å². The van der Waals surface area contributed by atoms with Crippen LogP contribution in [0, 0.1) is 5.92 Å². The molecule has 2 rings (SSSR count). The summed E-state index contributed by atoms with van der Waals surface area (Å²) in [6, 6.07) is 2.91. The normalized spacial score (nSPS) is 17.3. The minimum absolute atomic E-state index is 0.604. The number of nitrogens with zero attached hydrogens (tertiary/aromatic N) is 1. The van der Waals surface area contributed by atoms with E-state index in [4.69, 9.17) is 0 Å². The lowest BCUT2D eigenvalue weighted by Crippen LogP contribution is -2.22. The van der Waals surface area contributed by atoms with Gasteiger partial charge in [0.15, 0.2) is 0 Å². The summed E-state index contributed by atoms with van der Waals surface area (Å²) in [5.41, 5.74) is 1.49. The molecule has 0 saturated heterocycles. The van der Waals surface area contributed by atoms with Gasteiger partial charge in [-0.05, 0) is 43.4 Å². The van der Waals surface area contributed by atoms with Crippen LogP contribution < -0.4 is 5.32 Å². The molecule has 0 bridgehead atoms. The van der Waals surface area contributed by atoms with Gasteiger partial charge in [0.1, 0.15) is 0 Å². The summed E-state index contributed by atoms with van der Waals surface area (Å²) < 4.78 is 2.36. The van der Waals surface area contributed by atoms with Crippen molar-refractivity contribution in [1.29, 1.82) is 0 Å². The zero-order valence-electron chi connectivity index (χ0n) is 11.3. The number of hydrogen-bond acceptors (Lipinski definition) is 1. The zero-order valence-corrected chi connectivity index (χ0v) is 11.3. The fourth-order valence-corrected chi connectivity index (χ4v) is 2.53. The van der Waals surface area contributed by atoms with Crippen molar-refractivity contribution in [3.05, 3.63) is 24.0 Å². The molecule has 0 aliphatic heterocycles. The summed E-state index contributed by atoms with van der Waals surface area (Å²) in [6.45, 7) is 6.71. The van der Waals surface area contributed by atoms with E-state index in [1.54, 1.807) is 0 Å². The zero-order chi connectivity index (χ0) is 12.1. The van der Waals surface area contributed by atoms with Crippen molar-refractivity contribution in [3.8, 4) is 0 Å². The SMILES string of the molecule is CCCCCn1ccc(C(NCC)C2CC2)c1. The summed E-state index contributed by atoms with van der Waals surface area (Å²) in [5.74, 6) is 0.890. The molecule has 1 aliphatic carbocycles. The van der Waals surface area contributed by atoms with Crippen LogP contribution in [-0.2, 0) is 6.54 Å². The Morgan fingerprint density at radius 3 is 2.82 bits per heavy atom. The Kier molecular flexibility index (Phi) is 4.66. The van der Waals surface area contributed by atoms with Gasteiger partial charge in [-0.1, -0.05) is 26.7 Å². The summed E-state index contributed by atoms with van der Waals surface area (Å²) in [6.07, 6.45) is 11.3. The van der Waals surface area contributed by atoms with Crippen LogP contribution in [0.2, 0.25) is 0 Å². The molecule has 1 heterocycles. The van der Waals surface area contributed by atoms with E-state index < -0.39 is 0 Å². The molecule has 0 amide bonds. The van der Waals surface area contributed by atoms with Gasteiger partial charge >= 0.3 is 0 Å². The van der Waals surface area contributed by atoms with Gasteiger partial charge in [0.25, 0.3) is 0 Å². The topological polar surface area (TPSA) is 17.0 Å². The first-order chi connectivity index (χ1) is 8.35. The van der Waals surface area contributed by atoms with Gasteiger partial charge in [-0.25, -0.2) is 0 Å². The fraction of sp³-hybridized carbons (Fsp3) is 0.733. The maximum absolute atomic E-state index is 3.63. The maximum Gasteiger partial charge on any atom is 0.0363 e. The minimum atomic E-state index is 0.604. The second-order valence-corrected chi connectivity index (χ2v) is 5.26. The lowest BCUT2D eigenvalue weighted by Gasteiger charge is -2.15. The third-order valence-electron chi connectivity index (χ3n) is 3.67. The summed E-state index contributed by atoms with van der Waals surface area (Å²) >= 11 is 0. The van der Waals surface area contributed by atoms with Crippen molar-refractivity contribution in [3.63, 3.8) is 0 Å². The standard InChI is InChI=1S/C15H26N2/c1-3-5-6-10-17-11-9-14(12-17)15(16-4-2)13-7-8-13/h9,11-13,15-16H,3-8,10H2,1-2H3. The highest BCUT2D eigenvalue weighted by molar-refractivity contribution is 5.18. The molecule has 1 aliphatic rings. The van der Waals surface area contributed by atoms with E-state index in [2.05, 4.69) is 42.2 Å². The summed E-state index contributed by atoms with van der Waals surface area (Å²) in [4.78, 5) is 0. The molecular formula is C15H26N2.